The monoisotopic (exact) mass is 1770 g/mol. The third-order valence-electron chi connectivity index (χ3n) is 21.8. The summed E-state index contributed by atoms with van der Waals surface area (Å²) in [6.45, 7) is 8.16. The summed E-state index contributed by atoms with van der Waals surface area (Å²) in [5.74, 6) is -5.68. The van der Waals surface area contributed by atoms with Gasteiger partial charge in [0.25, 0.3) is 11.8 Å². The predicted octanol–water partition coefficient (Wildman–Crippen LogP) is 4.60. The Labute approximate surface area is 737 Å². The van der Waals surface area contributed by atoms with E-state index in [0.717, 1.165) is 12.8 Å². The fourth-order valence-electron chi connectivity index (χ4n) is 14.5. The number of carbonyl (C=O) groups is 14. The molecule has 39 heteroatoms. The molecule has 0 radical (unpaired) electrons. The van der Waals surface area contributed by atoms with Gasteiger partial charge in [0.2, 0.25) is 59.1 Å². The van der Waals surface area contributed by atoms with Crippen LogP contribution in [-0.2, 0) is 94.3 Å². The summed E-state index contributed by atoms with van der Waals surface area (Å²) in [7, 11) is 5.99. The van der Waals surface area contributed by atoms with Crippen molar-refractivity contribution in [2.45, 2.75) is 167 Å². The maximum absolute atomic E-state index is 14.5. The molecule has 4 aromatic carbocycles. The van der Waals surface area contributed by atoms with E-state index in [-0.39, 0.29) is 229 Å². The number of anilines is 4. The highest BCUT2D eigenvalue weighted by Gasteiger charge is 2.42. The zero-order valence-corrected chi connectivity index (χ0v) is 73.4. The summed E-state index contributed by atoms with van der Waals surface area (Å²) < 4.78 is 63.0. The van der Waals surface area contributed by atoms with Crippen LogP contribution >= 0.6 is 0 Å². The summed E-state index contributed by atoms with van der Waals surface area (Å²) in [6.07, 6.45) is 2.68. The third kappa shape index (κ3) is 30.0. The second-order valence-corrected chi connectivity index (χ2v) is 31.0. The molecule has 10 N–H and O–H groups in total. The van der Waals surface area contributed by atoms with Crippen LogP contribution < -0.4 is 81.9 Å². The SMILES string of the molecule is COCCCCCNC(=O)CC[C@@H]1NC(=O)[C@H](C)NC(=O)CCOCCNC(=O)C(C)=C(C)C(=O)NCCOCCC(=O)N[C@@H](C)C(=O)N[C@@H](CCC(=O)NCCOCCOC)C(=O)Nc2ccc(cc2)COC(=O)N2C[C@@H]3CCCN3C(=O)c3cc(OC)c(cc32)OCCCOc2cc3c(cc2OC)C(=O)N2CCC[C@H]2CN3C(=O)OCc2ccc(cc2)NC1=O. The van der Waals surface area contributed by atoms with E-state index in [0.29, 0.717) is 88.4 Å². The van der Waals surface area contributed by atoms with Crippen molar-refractivity contribution in [3.8, 4) is 23.0 Å². The number of methoxy groups -OCH3 is 4. The van der Waals surface area contributed by atoms with E-state index in [2.05, 4.69) is 53.2 Å². The fraction of sp³-hybridized carbons (Fsp3) is 0.545. The number of ether oxygens (including phenoxy) is 11. The van der Waals surface area contributed by atoms with E-state index in [4.69, 9.17) is 52.1 Å². The summed E-state index contributed by atoms with van der Waals surface area (Å²) in [5.41, 5.74) is 2.62. The Morgan fingerprint density at radius 2 is 0.913 bits per heavy atom. The lowest BCUT2D eigenvalue weighted by Gasteiger charge is -2.26. The molecule has 0 spiro atoms. The zero-order chi connectivity index (χ0) is 91.3. The molecule has 0 aliphatic carbocycles. The highest BCUT2D eigenvalue weighted by Crippen LogP contribution is 2.42. The Morgan fingerprint density at radius 3 is 1.35 bits per heavy atom. The molecule has 0 aromatic heterocycles. The fourth-order valence-corrected chi connectivity index (χ4v) is 14.5. The van der Waals surface area contributed by atoms with Gasteiger partial charge in [-0.15, -0.1) is 0 Å². The van der Waals surface area contributed by atoms with Crippen molar-refractivity contribution in [3.05, 3.63) is 106 Å². The van der Waals surface area contributed by atoms with Crippen LogP contribution in [0.3, 0.4) is 0 Å². The van der Waals surface area contributed by atoms with E-state index in [9.17, 15) is 67.1 Å². The highest BCUT2D eigenvalue weighted by molar-refractivity contribution is 6.08. The van der Waals surface area contributed by atoms with Crippen LogP contribution in [0.15, 0.2) is 83.9 Å². The summed E-state index contributed by atoms with van der Waals surface area (Å²) >= 11 is 0. The van der Waals surface area contributed by atoms with Crippen molar-refractivity contribution in [1.82, 2.24) is 52.3 Å². The van der Waals surface area contributed by atoms with E-state index in [1.165, 1.54) is 71.0 Å². The van der Waals surface area contributed by atoms with Crippen LogP contribution in [-0.4, -0.2) is 276 Å². The Morgan fingerprint density at radius 1 is 0.472 bits per heavy atom. The molecule has 11 rings (SSSR count). The number of rotatable bonds is 20. The number of hydrogen-bond acceptors (Lipinski definition) is 25. The van der Waals surface area contributed by atoms with E-state index >= 15 is 0 Å². The average molecular weight is 1770 g/mol. The molecule has 7 aliphatic heterocycles. The first-order chi connectivity index (χ1) is 61.3. The van der Waals surface area contributed by atoms with Gasteiger partial charge in [-0.1, -0.05) is 24.3 Å². The molecule has 39 nitrogen and oxygen atoms in total. The molecule has 14 amide bonds. The Hall–Kier alpha value is -12.2. The zero-order valence-electron chi connectivity index (χ0n) is 73.4. The third-order valence-corrected chi connectivity index (χ3v) is 21.8. The number of nitrogens with zero attached hydrogens (tertiary/aromatic N) is 4. The maximum atomic E-state index is 14.5. The Kier molecular flexibility index (Phi) is 39.4. The van der Waals surface area contributed by atoms with E-state index in [1.54, 1.807) is 77.6 Å². The molecular formula is C88H120N14O25. The van der Waals surface area contributed by atoms with Crippen LogP contribution in [0.2, 0.25) is 0 Å². The van der Waals surface area contributed by atoms with Crippen LogP contribution in [0, 0.1) is 0 Å². The van der Waals surface area contributed by atoms with Crippen LogP contribution in [0.1, 0.15) is 149 Å². The lowest BCUT2D eigenvalue weighted by atomic mass is 10.1. The molecular weight excluding hydrogens is 1650 g/mol. The predicted molar refractivity (Wildman–Crippen MR) is 462 cm³/mol. The number of nitrogens with one attached hydrogen (secondary N) is 10. The van der Waals surface area contributed by atoms with Crippen LogP contribution in [0.25, 0.3) is 0 Å². The molecule has 4 aromatic rings. The van der Waals surface area contributed by atoms with Gasteiger partial charge >= 0.3 is 12.2 Å². The number of carbonyl (C=O) groups excluding carboxylic acids is 14. The summed E-state index contributed by atoms with van der Waals surface area (Å²) in [6, 6.07) is 13.4. The molecule has 0 saturated carbocycles. The van der Waals surface area contributed by atoms with Crippen LogP contribution in [0.4, 0.5) is 32.3 Å². The summed E-state index contributed by atoms with van der Waals surface area (Å²) in [4.78, 5) is 198. The van der Waals surface area contributed by atoms with Gasteiger partial charge in [0.15, 0.2) is 23.0 Å². The van der Waals surface area contributed by atoms with Gasteiger partial charge in [-0.3, -0.25) is 67.3 Å². The first kappa shape index (κ1) is 98.6. The average Bonchev–Trinajstić information content (AvgIpc) is 1.65. The maximum Gasteiger partial charge on any atom is 0.414 e. The van der Waals surface area contributed by atoms with Gasteiger partial charge in [-0.2, -0.15) is 0 Å². The molecule has 6 atom stereocenters. The Balaban J connectivity index is 0.901. The van der Waals surface area contributed by atoms with Crippen molar-refractivity contribution in [2.75, 3.05) is 167 Å². The number of benzene rings is 4. The molecule has 127 heavy (non-hydrogen) atoms. The first-order valence-electron chi connectivity index (χ1n) is 43.0. The quantitative estimate of drug-likeness (QED) is 0.0540. The standard InChI is InChI=1S/C88H120N14O25/c1-55-56(2)80(108)92-34-44-122-41-30-78(106)94-58(4)82(110)98-68(26-28-76(104)90-32-42-123-46-45-118-6)84(112)96-62-23-19-60(20-24-62)54-127-88(116)102-52-64-16-13-36-100(64)86(114)66-48-72(120-8)74(50-70(66)102)125-39-14-38-124-73-49-69-65(47-71(73)119-7)85(113)99-35-12-15-63(99)51-101(69)87(115)126-53-59-17-21-61(22-18-59)95-83(111)67(25-27-75(103)89-31-10-9-11-37-117-5)97-81(109)57(3)93-77(105)29-40-121-43-33-91-79(55)107/h17-24,47-50,57-58,63-64,67-68H,9-16,25-46,51-54H2,1-8H3,(H,89,103)(H,90,104)(H,91,107)(H,92,108)(H,93,105)(H,94,106)(H,95,111)(H,96,112)(H,97,109)(H,98,110)/t57-,58-,63-,64-,67-,68-/m0/s1. The molecule has 7 aliphatic rings. The number of amides is 14. The van der Waals surface area contributed by atoms with Crippen molar-refractivity contribution in [1.29, 1.82) is 0 Å². The summed E-state index contributed by atoms with van der Waals surface area (Å²) in [5, 5.41) is 27.0. The smallest absolute Gasteiger partial charge is 0.414 e. The van der Waals surface area contributed by atoms with Gasteiger partial charge in [0.05, 0.1) is 108 Å². The van der Waals surface area contributed by atoms with Crippen LogP contribution in [0.5, 0.6) is 23.0 Å². The van der Waals surface area contributed by atoms with E-state index in [1.807, 2.05) is 0 Å². The van der Waals surface area contributed by atoms with Gasteiger partial charge in [0, 0.05) is 140 Å². The number of unbranched alkanes of at least 4 members (excludes halogenated alkanes) is 2. The molecule has 7 heterocycles. The largest absolute Gasteiger partial charge is 0.493 e. The lowest BCUT2D eigenvalue weighted by molar-refractivity contribution is -0.131. The topological polar surface area (TPSA) is 474 Å². The second-order valence-electron chi connectivity index (χ2n) is 31.0. The molecule has 8 bridgehead atoms. The van der Waals surface area contributed by atoms with Crippen molar-refractivity contribution < 1.29 is 119 Å². The van der Waals surface area contributed by atoms with Crippen molar-refractivity contribution in [3.63, 3.8) is 0 Å². The normalized spacial score (nSPS) is 21.0. The van der Waals surface area contributed by atoms with Gasteiger partial charge in [-0.05, 0) is 133 Å². The number of fused-ring (bicyclic) bond motifs is 4. The Bertz CT molecular complexity index is 4240. The minimum absolute atomic E-state index is 0.00116. The molecule has 0 unspecified atom stereocenters. The van der Waals surface area contributed by atoms with Gasteiger partial charge < -0.3 is 115 Å². The van der Waals surface area contributed by atoms with Gasteiger partial charge in [-0.25, -0.2) is 9.59 Å². The second kappa shape index (κ2) is 50.8. The molecule has 692 valence electrons. The lowest BCUT2D eigenvalue weighted by Crippen LogP contribution is -2.51. The van der Waals surface area contributed by atoms with Crippen molar-refractivity contribution in [2.24, 2.45) is 0 Å². The van der Waals surface area contributed by atoms with E-state index < -0.39 is 89.5 Å². The number of hydrogen-bond donors (Lipinski definition) is 10. The highest BCUT2D eigenvalue weighted by atomic mass is 16.6. The van der Waals surface area contributed by atoms with Crippen molar-refractivity contribution >= 4 is 106 Å². The van der Waals surface area contributed by atoms with Gasteiger partial charge in [0.1, 0.15) is 37.4 Å². The molecule has 2 saturated heterocycles. The minimum atomic E-state index is -1.29. The molecule has 2 fully saturated rings. The first-order valence-corrected chi connectivity index (χ1v) is 43.0. The minimum Gasteiger partial charge on any atom is -0.493 e.